The van der Waals surface area contributed by atoms with Crippen molar-refractivity contribution in [3.05, 3.63) is 29.8 Å². The first kappa shape index (κ1) is 12.9. The normalized spacial score (nSPS) is 14.9. The summed E-state index contributed by atoms with van der Waals surface area (Å²) in [7, 11) is 0. The van der Waals surface area contributed by atoms with Gasteiger partial charge in [0.1, 0.15) is 5.75 Å². The maximum atomic E-state index is 10.6. The van der Waals surface area contributed by atoms with Gasteiger partial charge in [0.15, 0.2) is 0 Å². The van der Waals surface area contributed by atoms with E-state index in [1.54, 1.807) is 12.1 Å². The highest BCUT2D eigenvalue weighted by Gasteiger charge is 2.24. The number of carbonyl (C=O) groups is 1. The first-order valence-corrected chi connectivity index (χ1v) is 6.36. The highest BCUT2D eigenvalue weighted by Crippen LogP contribution is 2.30. The van der Waals surface area contributed by atoms with Gasteiger partial charge in [-0.2, -0.15) is 0 Å². The molecule has 1 fully saturated rings. The SMILES string of the molecule is O=C(O)CCN(Cc1ccccc1O)CC1CC1. The fourth-order valence-corrected chi connectivity index (χ4v) is 2.04. The summed E-state index contributed by atoms with van der Waals surface area (Å²) in [5, 5.41) is 18.5. The van der Waals surface area contributed by atoms with Gasteiger partial charge >= 0.3 is 5.97 Å². The van der Waals surface area contributed by atoms with Crippen LogP contribution in [0.25, 0.3) is 0 Å². The summed E-state index contributed by atoms with van der Waals surface area (Å²) in [5.74, 6) is 0.228. The van der Waals surface area contributed by atoms with Crippen LogP contribution in [-0.4, -0.2) is 34.2 Å². The highest BCUT2D eigenvalue weighted by atomic mass is 16.4. The minimum Gasteiger partial charge on any atom is -0.508 e. The van der Waals surface area contributed by atoms with Crippen molar-refractivity contribution in [3.63, 3.8) is 0 Å². The number of aliphatic carboxylic acids is 1. The summed E-state index contributed by atoms with van der Waals surface area (Å²) >= 11 is 0. The van der Waals surface area contributed by atoms with Gasteiger partial charge in [-0.05, 0) is 24.8 Å². The van der Waals surface area contributed by atoms with Crippen LogP contribution < -0.4 is 0 Å². The summed E-state index contributed by atoms with van der Waals surface area (Å²) in [6.07, 6.45) is 2.63. The second-order valence-corrected chi connectivity index (χ2v) is 4.95. The molecule has 0 amide bonds. The van der Waals surface area contributed by atoms with E-state index in [-0.39, 0.29) is 12.2 Å². The van der Waals surface area contributed by atoms with Crippen LogP contribution in [0.1, 0.15) is 24.8 Å². The molecule has 2 rings (SSSR count). The number of hydrogen-bond acceptors (Lipinski definition) is 3. The Morgan fingerprint density at radius 1 is 1.33 bits per heavy atom. The van der Waals surface area contributed by atoms with Gasteiger partial charge in [-0.1, -0.05) is 18.2 Å². The second kappa shape index (κ2) is 5.87. The molecule has 0 radical (unpaired) electrons. The van der Waals surface area contributed by atoms with Crippen LogP contribution in [0.4, 0.5) is 0 Å². The Balaban J connectivity index is 1.94. The van der Waals surface area contributed by atoms with Crippen molar-refractivity contribution in [1.29, 1.82) is 0 Å². The summed E-state index contributed by atoms with van der Waals surface area (Å²) in [6, 6.07) is 7.24. The Morgan fingerprint density at radius 3 is 2.67 bits per heavy atom. The van der Waals surface area contributed by atoms with Crippen molar-refractivity contribution >= 4 is 5.97 Å². The molecule has 1 aromatic carbocycles. The van der Waals surface area contributed by atoms with Crippen LogP contribution in [0.2, 0.25) is 0 Å². The fraction of sp³-hybridized carbons (Fsp3) is 0.500. The van der Waals surface area contributed by atoms with E-state index in [0.29, 0.717) is 19.0 Å². The number of phenolic OH excluding ortho intramolecular Hbond substituents is 1. The lowest BCUT2D eigenvalue weighted by Crippen LogP contribution is -2.28. The Labute approximate surface area is 107 Å². The third-order valence-corrected chi connectivity index (χ3v) is 3.24. The molecule has 0 saturated heterocycles. The minimum absolute atomic E-state index is 0.153. The van der Waals surface area contributed by atoms with E-state index >= 15 is 0 Å². The maximum absolute atomic E-state index is 10.6. The fourth-order valence-electron chi connectivity index (χ4n) is 2.04. The summed E-state index contributed by atoms with van der Waals surface area (Å²) in [6.45, 7) is 2.10. The van der Waals surface area contributed by atoms with Gasteiger partial charge in [-0.25, -0.2) is 0 Å². The van der Waals surface area contributed by atoms with E-state index in [1.807, 2.05) is 12.1 Å². The molecule has 98 valence electrons. The standard InChI is InChI=1S/C14H19NO3/c16-13-4-2-1-3-12(13)10-15(8-7-14(17)18)9-11-5-6-11/h1-4,11,16H,5-10H2,(H,17,18). The van der Waals surface area contributed by atoms with Crippen molar-refractivity contribution in [2.24, 2.45) is 5.92 Å². The lowest BCUT2D eigenvalue weighted by molar-refractivity contribution is -0.137. The molecule has 0 aromatic heterocycles. The van der Waals surface area contributed by atoms with Crippen molar-refractivity contribution in [3.8, 4) is 5.75 Å². The Kier molecular flexibility index (Phi) is 4.20. The van der Waals surface area contributed by atoms with Crippen molar-refractivity contribution in [2.75, 3.05) is 13.1 Å². The molecule has 0 atom stereocenters. The molecule has 1 aliphatic rings. The van der Waals surface area contributed by atoms with E-state index < -0.39 is 5.97 Å². The molecule has 0 bridgehead atoms. The summed E-state index contributed by atoms with van der Waals surface area (Å²) < 4.78 is 0. The van der Waals surface area contributed by atoms with E-state index in [9.17, 15) is 9.90 Å². The topological polar surface area (TPSA) is 60.8 Å². The van der Waals surface area contributed by atoms with E-state index in [4.69, 9.17) is 5.11 Å². The van der Waals surface area contributed by atoms with Crippen LogP contribution in [0, 0.1) is 5.92 Å². The Bertz CT molecular complexity index is 415. The van der Waals surface area contributed by atoms with Gasteiger partial charge in [-0.3, -0.25) is 9.69 Å². The van der Waals surface area contributed by atoms with Gasteiger partial charge in [-0.15, -0.1) is 0 Å². The van der Waals surface area contributed by atoms with Gasteiger partial charge in [0, 0.05) is 25.2 Å². The number of phenols is 1. The van der Waals surface area contributed by atoms with E-state index in [1.165, 1.54) is 12.8 Å². The van der Waals surface area contributed by atoms with Crippen LogP contribution >= 0.6 is 0 Å². The van der Waals surface area contributed by atoms with Gasteiger partial charge < -0.3 is 10.2 Å². The number of benzene rings is 1. The quantitative estimate of drug-likeness (QED) is 0.776. The molecular formula is C14H19NO3. The molecule has 1 aromatic rings. The van der Waals surface area contributed by atoms with Crippen molar-refractivity contribution < 1.29 is 15.0 Å². The Morgan fingerprint density at radius 2 is 2.06 bits per heavy atom. The van der Waals surface area contributed by atoms with E-state index in [2.05, 4.69) is 4.90 Å². The largest absolute Gasteiger partial charge is 0.508 e. The second-order valence-electron chi connectivity index (χ2n) is 4.95. The molecule has 0 spiro atoms. The zero-order chi connectivity index (χ0) is 13.0. The van der Waals surface area contributed by atoms with Crippen LogP contribution in [0.3, 0.4) is 0 Å². The molecule has 0 heterocycles. The zero-order valence-electron chi connectivity index (χ0n) is 10.4. The third kappa shape index (κ3) is 4.04. The van der Waals surface area contributed by atoms with E-state index in [0.717, 1.165) is 12.1 Å². The monoisotopic (exact) mass is 249 g/mol. The van der Waals surface area contributed by atoms with Gasteiger partial charge in [0.25, 0.3) is 0 Å². The minimum atomic E-state index is -0.770. The zero-order valence-corrected chi connectivity index (χ0v) is 10.4. The number of hydrogen-bond donors (Lipinski definition) is 2. The number of carboxylic acids is 1. The molecular weight excluding hydrogens is 230 g/mol. The molecule has 1 aliphatic carbocycles. The lowest BCUT2D eigenvalue weighted by Gasteiger charge is -2.21. The molecule has 0 unspecified atom stereocenters. The average molecular weight is 249 g/mol. The predicted molar refractivity (Wildman–Crippen MR) is 68.4 cm³/mol. The van der Waals surface area contributed by atoms with Crippen LogP contribution in [0.5, 0.6) is 5.75 Å². The third-order valence-electron chi connectivity index (χ3n) is 3.24. The highest BCUT2D eigenvalue weighted by molar-refractivity contribution is 5.66. The first-order valence-electron chi connectivity index (χ1n) is 6.36. The van der Waals surface area contributed by atoms with Crippen molar-refractivity contribution in [2.45, 2.75) is 25.8 Å². The maximum Gasteiger partial charge on any atom is 0.304 e. The lowest BCUT2D eigenvalue weighted by atomic mass is 10.1. The Hall–Kier alpha value is -1.55. The number of rotatable bonds is 7. The van der Waals surface area contributed by atoms with Gasteiger partial charge in [0.2, 0.25) is 0 Å². The number of para-hydroxylation sites is 1. The molecule has 1 saturated carbocycles. The molecule has 2 N–H and O–H groups in total. The number of aromatic hydroxyl groups is 1. The first-order chi connectivity index (χ1) is 8.65. The van der Waals surface area contributed by atoms with Crippen LogP contribution in [0.15, 0.2) is 24.3 Å². The summed E-state index contributed by atoms with van der Waals surface area (Å²) in [4.78, 5) is 12.8. The van der Waals surface area contributed by atoms with Crippen molar-refractivity contribution in [1.82, 2.24) is 4.90 Å². The predicted octanol–water partition coefficient (Wildman–Crippen LogP) is 2.08. The van der Waals surface area contributed by atoms with Gasteiger partial charge in [0.05, 0.1) is 6.42 Å². The number of carboxylic acid groups (broad SMARTS) is 1. The molecule has 4 heteroatoms. The smallest absolute Gasteiger partial charge is 0.304 e. The summed E-state index contributed by atoms with van der Waals surface area (Å²) in [5.41, 5.74) is 0.864. The van der Waals surface area contributed by atoms with Crippen LogP contribution in [-0.2, 0) is 11.3 Å². The average Bonchev–Trinajstić information content (AvgIpc) is 3.13. The molecule has 18 heavy (non-hydrogen) atoms. The number of nitrogens with zero attached hydrogens (tertiary/aromatic N) is 1. The molecule has 0 aliphatic heterocycles. The molecule has 4 nitrogen and oxygen atoms in total.